The van der Waals surface area contributed by atoms with Crippen LogP contribution in [0.2, 0.25) is 5.02 Å². The molecule has 4 aromatic rings. The van der Waals surface area contributed by atoms with Crippen LogP contribution in [0.25, 0.3) is 22.0 Å². The van der Waals surface area contributed by atoms with Gasteiger partial charge in [0.15, 0.2) is 0 Å². The molecule has 5 rings (SSSR count). The summed E-state index contributed by atoms with van der Waals surface area (Å²) in [5.41, 5.74) is 4.65. The van der Waals surface area contributed by atoms with Gasteiger partial charge in [0.25, 0.3) is 5.91 Å². The third kappa shape index (κ3) is 3.72. The van der Waals surface area contributed by atoms with Gasteiger partial charge in [0.2, 0.25) is 0 Å². The lowest BCUT2D eigenvalue weighted by Crippen LogP contribution is -2.49. The van der Waals surface area contributed by atoms with Gasteiger partial charge < -0.3 is 9.80 Å². The number of nitrogens with one attached hydrogen (secondary N) is 1. The van der Waals surface area contributed by atoms with E-state index < -0.39 is 0 Å². The largest absolute Gasteiger partial charge is 0.352 e. The van der Waals surface area contributed by atoms with Gasteiger partial charge in [0, 0.05) is 53.9 Å². The van der Waals surface area contributed by atoms with Crippen LogP contribution in [-0.4, -0.2) is 57.2 Å². The minimum absolute atomic E-state index is 0.0292. The number of aromatic amines is 1. The smallest absolute Gasteiger partial charge is 0.253 e. The first-order valence-corrected chi connectivity index (χ1v) is 10.5. The van der Waals surface area contributed by atoms with E-state index in [2.05, 4.69) is 37.2 Å². The van der Waals surface area contributed by atoms with Crippen molar-refractivity contribution in [3.8, 4) is 11.1 Å². The molecule has 1 aliphatic rings. The van der Waals surface area contributed by atoms with Crippen molar-refractivity contribution < 1.29 is 4.79 Å². The van der Waals surface area contributed by atoms with Crippen LogP contribution in [0, 0.1) is 6.92 Å². The summed E-state index contributed by atoms with van der Waals surface area (Å²) in [7, 11) is 0. The molecule has 31 heavy (non-hydrogen) atoms. The number of carbonyl (C=O) groups excluding carboxylic acids is 1. The predicted molar refractivity (Wildman–Crippen MR) is 121 cm³/mol. The highest BCUT2D eigenvalue weighted by atomic mass is 35.5. The molecule has 7 nitrogen and oxygen atoms in total. The van der Waals surface area contributed by atoms with Crippen LogP contribution in [0.15, 0.2) is 55.0 Å². The zero-order valence-electron chi connectivity index (χ0n) is 17.0. The van der Waals surface area contributed by atoms with E-state index in [1.165, 1.54) is 0 Å². The van der Waals surface area contributed by atoms with Crippen LogP contribution in [0.3, 0.4) is 0 Å². The van der Waals surface area contributed by atoms with Crippen LogP contribution in [0.4, 0.5) is 5.82 Å². The van der Waals surface area contributed by atoms with Crippen molar-refractivity contribution >= 4 is 34.2 Å². The van der Waals surface area contributed by atoms with Crippen LogP contribution in [-0.2, 0) is 0 Å². The fourth-order valence-electron chi connectivity index (χ4n) is 4.01. The molecule has 0 unspecified atom stereocenters. The van der Waals surface area contributed by atoms with E-state index in [-0.39, 0.29) is 5.91 Å². The van der Waals surface area contributed by atoms with Gasteiger partial charge in [-0.3, -0.25) is 9.89 Å². The summed E-state index contributed by atoms with van der Waals surface area (Å²) < 4.78 is 0. The molecule has 0 saturated carbocycles. The minimum atomic E-state index is 0.0292. The van der Waals surface area contributed by atoms with Gasteiger partial charge >= 0.3 is 0 Å². The summed E-state index contributed by atoms with van der Waals surface area (Å²) in [5.74, 6) is 0.924. The van der Waals surface area contributed by atoms with Gasteiger partial charge in [-0.2, -0.15) is 5.10 Å². The minimum Gasteiger partial charge on any atom is -0.352 e. The summed E-state index contributed by atoms with van der Waals surface area (Å²) in [6.45, 7) is 4.66. The first-order valence-electron chi connectivity index (χ1n) is 10.2. The molecule has 0 atom stereocenters. The summed E-state index contributed by atoms with van der Waals surface area (Å²) in [4.78, 5) is 25.9. The lowest BCUT2D eigenvalue weighted by atomic mass is 10.0. The molecule has 1 saturated heterocycles. The topological polar surface area (TPSA) is 78.0 Å². The number of aryl methyl sites for hydroxylation is 1. The molecule has 0 radical (unpaired) electrons. The number of aromatic nitrogens is 4. The molecule has 0 spiro atoms. The number of rotatable bonds is 3. The summed E-state index contributed by atoms with van der Waals surface area (Å²) in [6, 6.07) is 13.2. The number of piperazine rings is 1. The number of hydrogen-bond donors (Lipinski definition) is 1. The van der Waals surface area contributed by atoms with E-state index in [1.807, 2.05) is 24.1 Å². The second-order valence-electron chi connectivity index (χ2n) is 7.60. The number of carbonyl (C=O) groups is 1. The predicted octanol–water partition coefficient (Wildman–Crippen LogP) is 3.94. The van der Waals surface area contributed by atoms with Crippen molar-refractivity contribution in [1.29, 1.82) is 0 Å². The maximum atomic E-state index is 12.8. The fraction of sp³-hybridized carbons (Fsp3) is 0.217. The van der Waals surface area contributed by atoms with E-state index in [9.17, 15) is 4.79 Å². The van der Waals surface area contributed by atoms with Crippen molar-refractivity contribution in [3.63, 3.8) is 0 Å². The average molecular weight is 433 g/mol. The summed E-state index contributed by atoms with van der Waals surface area (Å²) in [6.07, 6.45) is 3.51. The zero-order valence-corrected chi connectivity index (χ0v) is 17.8. The van der Waals surface area contributed by atoms with E-state index >= 15 is 0 Å². The average Bonchev–Trinajstić information content (AvgIpc) is 3.24. The van der Waals surface area contributed by atoms with E-state index in [0.29, 0.717) is 36.8 Å². The normalized spacial score (nSPS) is 14.3. The third-order valence-electron chi connectivity index (χ3n) is 5.71. The quantitative estimate of drug-likeness (QED) is 0.530. The Balaban J connectivity index is 1.38. The third-order valence-corrected chi connectivity index (χ3v) is 5.97. The highest BCUT2D eigenvalue weighted by Gasteiger charge is 2.24. The van der Waals surface area contributed by atoms with Gasteiger partial charge in [0.1, 0.15) is 12.1 Å². The van der Waals surface area contributed by atoms with Crippen LogP contribution in [0.5, 0.6) is 0 Å². The number of benzene rings is 2. The first kappa shape index (κ1) is 19.5. The Kier molecular flexibility index (Phi) is 5.03. The number of H-pyrrole nitrogens is 1. The van der Waals surface area contributed by atoms with Crippen molar-refractivity contribution in [2.45, 2.75) is 6.92 Å². The van der Waals surface area contributed by atoms with Gasteiger partial charge in [-0.1, -0.05) is 17.7 Å². The summed E-state index contributed by atoms with van der Waals surface area (Å²) in [5, 5.41) is 8.77. The zero-order chi connectivity index (χ0) is 21.4. The molecule has 1 aliphatic heterocycles. The van der Waals surface area contributed by atoms with Gasteiger partial charge in [-0.25, -0.2) is 9.97 Å². The van der Waals surface area contributed by atoms with E-state index in [4.69, 9.17) is 11.6 Å². The maximum absolute atomic E-state index is 12.8. The van der Waals surface area contributed by atoms with E-state index in [1.54, 1.807) is 30.6 Å². The number of hydrogen-bond acceptors (Lipinski definition) is 5. The van der Waals surface area contributed by atoms with E-state index in [0.717, 1.165) is 33.5 Å². The van der Waals surface area contributed by atoms with Crippen LogP contribution < -0.4 is 4.90 Å². The van der Waals surface area contributed by atoms with Crippen LogP contribution in [0.1, 0.15) is 16.1 Å². The fourth-order valence-corrected chi connectivity index (χ4v) is 4.14. The Morgan fingerprint density at radius 3 is 2.52 bits per heavy atom. The molecule has 156 valence electrons. The number of nitrogens with zero attached hydrogens (tertiary/aromatic N) is 5. The lowest BCUT2D eigenvalue weighted by molar-refractivity contribution is 0.0746. The molecule has 1 amide bonds. The van der Waals surface area contributed by atoms with Crippen molar-refractivity contribution in [1.82, 2.24) is 25.1 Å². The summed E-state index contributed by atoms with van der Waals surface area (Å²) >= 11 is 5.94. The van der Waals surface area contributed by atoms with Gasteiger partial charge in [-0.05, 0) is 48.9 Å². The van der Waals surface area contributed by atoms with Crippen molar-refractivity contribution in [3.05, 3.63) is 71.3 Å². The first-order chi connectivity index (χ1) is 15.1. The molecule has 0 aliphatic carbocycles. The molecular weight excluding hydrogens is 412 g/mol. The Bertz CT molecular complexity index is 1240. The lowest BCUT2D eigenvalue weighted by Gasteiger charge is -2.35. The van der Waals surface area contributed by atoms with Crippen LogP contribution >= 0.6 is 11.6 Å². The Labute approximate surface area is 184 Å². The molecule has 2 aromatic carbocycles. The Morgan fingerprint density at radius 1 is 1.03 bits per heavy atom. The number of fused-ring (bicyclic) bond motifs is 1. The van der Waals surface area contributed by atoms with Crippen molar-refractivity contribution in [2.24, 2.45) is 0 Å². The molecule has 8 heteroatoms. The molecular formula is C23H21ClN6O. The molecule has 1 N–H and O–H groups in total. The molecule has 0 bridgehead atoms. The number of halogens is 1. The second-order valence-corrected chi connectivity index (χ2v) is 8.04. The number of amides is 1. The monoisotopic (exact) mass is 432 g/mol. The van der Waals surface area contributed by atoms with Gasteiger partial charge in [0.05, 0.1) is 11.2 Å². The highest BCUT2D eigenvalue weighted by Crippen LogP contribution is 2.30. The number of anilines is 1. The second kappa shape index (κ2) is 8.00. The highest BCUT2D eigenvalue weighted by molar-refractivity contribution is 6.30. The Hall–Kier alpha value is -3.45. The molecule has 1 fully saturated rings. The molecule has 3 heterocycles. The van der Waals surface area contributed by atoms with Gasteiger partial charge in [-0.15, -0.1) is 0 Å². The van der Waals surface area contributed by atoms with Crippen molar-refractivity contribution in [2.75, 3.05) is 31.1 Å². The Morgan fingerprint density at radius 2 is 1.81 bits per heavy atom. The standard InChI is InChI=1S/C23H21ClN6O/c1-15-20(13-27-28-15)17-4-7-21-19(12-17)22(26-14-25-21)29-8-10-30(11-9-29)23(31)16-2-5-18(24)6-3-16/h2-7,12-14H,8-11H2,1H3,(H,27,28). The maximum Gasteiger partial charge on any atom is 0.253 e. The SMILES string of the molecule is Cc1n[nH]cc1-c1ccc2ncnc(N3CCN(C(=O)c4ccc(Cl)cc4)CC3)c2c1. The molecule has 2 aromatic heterocycles.